The molecule has 1 aliphatic rings. The number of nitrogens with one attached hydrogen (secondary N) is 1. The van der Waals surface area contributed by atoms with E-state index in [-0.39, 0.29) is 24.2 Å². The third-order valence-corrected chi connectivity index (χ3v) is 4.60. The lowest BCUT2D eigenvalue weighted by atomic mass is 10.1. The highest BCUT2D eigenvalue weighted by atomic mass is 16.5. The molecule has 2 amide bonds. The fourth-order valence-corrected chi connectivity index (χ4v) is 3.28. The minimum absolute atomic E-state index is 0.0101. The summed E-state index contributed by atoms with van der Waals surface area (Å²) >= 11 is 0. The second kappa shape index (κ2) is 8.04. The van der Waals surface area contributed by atoms with E-state index in [0.717, 1.165) is 17.7 Å². The zero-order chi connectivity index (χ0) is 18.5. The number of hydrogen-bond acceptors (Lipinski definition) is 3. The van der Waals surface area contributed by atoms with E-state index in [1.54, 1.807) is 4.90 Å². The highest BCUT2D eigenvalue weighted by Crippen LogP contribution is 2.30. The summed E-state index contributed by atoms with van der Waals surface area (Å²) in [5.74, 6) is 0.106. The van der Waals surface area contributed by atoms with Crippen molar-refractivity contribution in [1.29, 1.82) is 0 Å². The molecular weight excluding hydrogens is 328 g/mol. The van der Waals surface area contributed by atoms with Crippen LogP contribution in [0.1, 0.15) is 25.8 Å². The van der Waals surface area contributed by atoms with E-state index in [1.807, 2.05) is 55.5 Å². The van der Waals surface area contributed by atoms with Crippen LogP contribution in [0.4, 0.5) is 11.4 Å². The van der Waals surface area contributed by atoms with Crippen LogP contribution in [-0.2, 0) is 16.0 Å². The summed E-state index contributed by atoms with van der Waals surface area (Å²) in [7, 11) is 0. The van der Waals surface area contributed by atoms with Crippen molar-refractivity contribution < 1.29 is 14.3 Å². The Bertz CT molecular complexity index is 803. The lowest BCUT2D eigenvalue weighted by Crippen LogP contribution is -2.28. The molecule has 136 valence electrons. The van der Waals surface area contributed by atoms with Crippen molar-refractivity contribution >= 4 is 23.2 Å². The molecule has 1 unspecified atom stereocenters. The largest absolute Gasteiger partial charge is 0.492 e. The van der Waals surface area contributed by atoms with Gasteiger partial charge in [0.25, 0.3) is 0 Å². The number of para-hydroxylation sites is 3. The number of rotatable bonds is 6. The van der Waals surface area contributed by atoms with Crippen molar-refractivity contribution in [1.82, 2.24) is 0 Å². The Morgan fingerprint density at radius 3 is 2.65 bits per heavy atom. The normalized spacial score (nSPS) is 16.6. The minimum Gasteiger partial charge on any atom is -0.492 e. The summed E-state index contributed by atoms with van der Waals surface area (Å²) in [6.45, 7) is 4.89. The molecule has 3 rings (SSSR count). The molecule has 1 N–H and O–H groups in total. The number of aryl methyl sites for hydroxylation is 1. The molecule has 1 aliphatic heterocycles. The summed E-state index contributed by atoms with van der Waals surface area (Å²) in [6, 6.07) is 15.2. The molecule has 0 radical (unpaired) electrons. The Morgan fingerprint density at radius 1 is 1.15 bits per heavy atom. The van der Waals surface area contributed by atoms with Crippen molar-refractivity contribution in [3.63, 3.8) is 0 Å². The number of nitrogens with zero attached hydrogens (tertiary/aromatic N) is 1. The van der Waals surface area contributed by atoms with Crippen molar-refractivity contribution in [3.8, 4) is 5.75 Å². The Kier molecular flexibility index (Phi) is 5.56. The maximum Gasteiger partial charge on any atom is 0.229 e. The van der Waals surface area contributed by atoms with Crippen molar-refractivity contribution in [2.24, 2.45) is 5.92 Å². The van der Waals surface area contributed by atoms with Gasteiger partial charge >= 0.3 is 0 Å². The highest BCUT2D eigenvalue weighted by molar-refractivity contribution is 6.04. The van der Waals surface area contributed by atoms with Crippen LogP contribution in [0.15, 0.2) is 48.5 Å². The molecule has 1 atom stereocenters. The zero-order valence-corrected chi connectivity index (χ0v) is 15.2. The predicted octanol–water partition coefficient (Wildman–Crippen LogP) is 3.64. The molecular formula is C21H24N2O3. The molecule has 0 saturated carbocycles. The second-order valence-electron chi connectivity index (χ2n) is 6.31. The topological polar surface area (TPSA) is 58.6 Å². The number of ether oxygens (including phenoxy) is 1. The summed E-state index contributed by atoms with van der Waals surface area (Å²) in [4.78, 5) is 26.9. The molecule has 1 fully saturated rings. The summed E-state index contributed by atoms with van der Waals surface area (Å²) in [6.07, 6.45) is 1.07. The van der Waals surface area contributed by atoms with E-state index in [4.69, 9.17) is 4.74 Å². The SMILES string of the molecule is CCOc1ccccc1NC(=O)C1CC(=O)N(c2ccccc2CC)C1. The van der Waals surface area contributed by atoms with Crippen LogP contribution in [0, 0.1) is 5.92 Å². The minimum atomic E-state index is -0.373. The van der Waals surface area contributed by atoms with Crippen LogP contribution in [0.2, 0.25) is 0 Å². The summed E-state index contributed by atoms with van der Waals surface area (Å²) < 4.78 is 5.55. The van der Waals surface area contributed by atoms with Crippen LogP contribution in [0.3, 0.4) is 0 Å². The maximum atomic E-state index is 12.7. The first-order chi connectivity index (χ1) is 12.6. The molecule has 2 aromatic carbocycles. The predicted molar refractivity (Wildman–Crippen MR) is 103 cm³/mol. The van der Waals surface area contributed by atoms with Crippen molar-refractivity contribution in [3.05, 3.63) is 54.1 Å². The number of carbonyl (C=O) groups excluding carboxylic acids is 2. The van der Waals surface area contributed by atoms with Crippen LogP contribution in [0.25, 0.3) is 0 Å². The van der Waals surface area contributed by atoms with Crippen LogP contribution in [-0.4, -0.2) is 25.0 Å². The van der Waals surface area contributed by atoms with E-state index >= 15 is 0 Å². The van der Waals surface area contributed by atoms with Gasteiger partial charge in [0, 0.05) is 18.7 Å². The molecule has 1 heterocycles. The smallest absolute Gasteiger partial charge is 0.229 e. The Balaban J connectivity index is 1.73. The average molecular weight is 352 g/mol. The number of benzene rings is 2. The lowest BCUT2D eigenvalue weighted by molar-refractivity contribution is -0.122. The van der Waals surface area contributed by atoms with Crippen LogP contribution >= 0.6 is 0 Å². The van der Waals surface area contributed by atoms with Gasteiger partial charge in [-0.25, -0.2) is 0 Å². The molecule has 1 saturated heterocycles. The molecule has 2 aromatic rings. The third kappa shape index (κ3) is 3.72. The number of anilines is 2. The van der Waals surface area contributed by atoms with Crippen molar-refractivity contribution in [2.75, 3.05) is 23.4 Å². The number of carbonyl (C=O) groups is 2. The third-order valence-electron chi connectivity index (χ3n) is 4.60. The zero-order valence-electron chi connectivity index (χ0n) is 15.2. The van der Waals surface area contributed by atoms with Crippen molar-refractivity contribution in [2.45, 2.75) is 26.7 Å². The van der Waals surface area contributed by atoms with E-state index in [2.05, 4.69) is 12.2 Å². The summed E-state index contributed by atoms with van der Waals surface area (Å²) in [5, 5.41) is 2.92. The summed E-state index contributed by atoms with van der Waals surface area (Å²) in [5.41, 5.74) is 2.66. The Hall–Kier alpha value is -2.82. The first kappa shape index (κ1) is 18.0. The average Bonchev–Trinajstić information content (AvgIpc) is 3.05. The van der Waals surface area contributed by atoms with Gasteiger partial charge in [0.05, 0.1) is 18.2 Å². The highest BCUT2D eigenvalue weighted by Gasteiger charge is 2.36. The Morgan fingerprint density at radius 2 is 1.88 bits per heavy atom. The van der Waals surface area contributed by atoms with Gasteiger partial charge in [-0.3, -0.25) is 9.59 Å². The van der Waals surface area contributed by atoms with Gasteiger partial charge in [-0.1, -0.05) is 37.3 Å². The molecule has 5 nitrogen and oxygen atoms in total. The fraction of sp³-hybridized carbons (Fsp3) is 0.333. The first-order valence-electron chi connectivity index (χ1n) is 9.05. The number of hydrogen-bond donors (Lipinski definition) is 1. The lowest BCUT2D eigenvalue weighted by Gasteiger charge is -2.20. The van der Waals surface area contributed by atoms with E-state index < -0.39 is 0 Å². The van der Waals surface area contributed by atoms with E-state index in [0.29, 0.717) is 24.6 Å². The molecule has 0 aromatic heterocycles. The van der Waals surface area contributed by atoms with Crippen LogP contribution in [0.5, 0.6) is 5.75 Å². The molecule has 5 heteroatoms. The molecule has 26 heavy (non-hydrogen) atoms. The standard InChI is InChI=1S/C21H24N2O3/c1-3-15-9-5-7-11-18(15)23-14-16(13-20(23)24)21(25)22-17-10-6-8-12-19(17)26-4-2/h5-12,16H,3-4,13-14H2,1-2H3,(H,22,25). The van der Waals surface area contributed by atoms with Gasteiger partial charge in [0.15, 0.2) is 0 Å². The quantitative estimate of drug-likeness (QED) is 0.863. The Labute approximate surface area is 154 Å². The van der Waals surface area contributed by atoms with Gasteiger partial charge < -0.3 is 15.0 Å². The van der Waals surface area contributed by atoms with Gasteiger partial charge in [-0.05, 0) is 37.1 Å². The van der Waals surface area contributed by atoms with E-state index in [9.17, 15) is 9.59 Å². The van der Waals surface area contributed by atoms with Gasteiger partial charge in [0.2, 0.25) is 11.8 Å². The second-order valence-corrected chi connectivity index (χ2v) is 6.31. The van der Waals surface area contributed by atoms with Gasteiger partial charge in [-0.15, -0.1) is 0 Å². The molecule has 0 spiro atoms. The van der Waals surface area contributed by atoms with Crippen LogP contribution < -0.4 is 15.0 Å². The van der Waals surface area contributed by atoms with Gasteiger partial charge in [-0.2, -0.15) is 0 Å². The van der Waals surface area contributed by atoms with E-state index in [1.165, 1.54) is 0 Å². The fourth-order valence-electron chi connectivity index (χ4n) is 3.28. The van der Waals surface area contributed by atoms with Gasteiger partial charge in [0.1, 0.15) is 5.75 Å². The number of amides is 2. The maximum absolute atomic E-state index is 12.7. The molecule has 0 bridgehead atoms. The first-order valence-corrected chi connectivity index (χ1v) is 9.05. The monoisotopic (exact) mass is 352 g/mol. The molecule has 0 aliphatic carbocycles.